The molecule has 2 heterocycles. The zero-order valence-electron chi connectivity index (χ0n) is 23.5. The van der Waals surface area contributed by atoms with Gasteiger partial charge in [-0.15, -0.1) is 0 Å². The Morgan fingerprint density at radius 1 is 1.00 bits per heavy atom. The molecule has 0 spiro atoms. The van der Waals surface area contributed by atoms with Crippen LogP contribution in [0.15, 0.2) is 80.6 Å². The second kappa shape index (κ2) is 11.1. The van der Waals surface area contributed by atoms with Crippen LogP contribution in [0.2, 0.25) is 0 Å². The van der Waals surface area contributed by atoms with Crippen molar-refractivity contribution in [3.8, 4) is 0 Å². The molecule has 0 saturated carbocycles. The third-order valence-electron chi connectivity index (χ3n) is 7.74. The molecule has 0 fully saturated rings. The fourth-order valence-corrected chi connectivity index (χ4v) is 8.81. The SMILES string of the molecule is CCCCCN1/C(=C/C2=CC(=C/C3Sc4cc(C)ccc4[NH+]3CC)/CC(C)(C)C2)Sc2cc(C)ccc21. The Morgan fingerprint density at radius 2 is 1.76 bits per heavy atom. The van der Waals surface area contributed by atoms with Gasteiger partial charge in [-0.25, -0.2) is 0 Å². The Labute approximate surface area is 233 Å². The highest BCUT2D eigenvalue weighted by molar-refractivity contribution is 8.03. The van der Waals surface area contributed by atoms with Crippen molar-refractivity contribution >= 4 is 34.9 Å². The summed E-state index contributed by atoms with van der Waals surface area (Å²) in [6.45, 7) is 16.1. The van der Waals surface area contributed by atoms with Gasteiger partial charge in [-0.1, -0.05) is 75.3 Å². The molecule has 1 aliphatic carbocycles. The van der Waals surface area contributed by atoms with Gasteiger partial charge in [0, 0.05) is 17.5 Å². The van der Waals surface area contributed by atoms with Gasteiger partial charge in [-0.2, -0.15) is 0 Å². The molecule has 2 aliphatic heterocycles. The maximum absolute atomic E-state index is 2.58. The molecule has 2 atom stereocenters. The lowest BCUT2D eigenvalue weighted by Gasteiger charge is -2.31. The van der Waals surface area contributed by atoms with E-state index in [1.165, 1.54) is 67.7 Å². The van der Waals surface area contributed by atoms with Crippen LogP contribution in [-0.2, 0) is 0 Å². The predicted molar refractivity (Wildman–Crippen MR) is 163 cm³/mol. The number of likely N-dealkylation sites (N-methyl/N-ethyl adjacent to an activating group) is 1. The number of nitrogens with zero attached hydrogens (tertiary/aromatic N) is 1. The standard InChI is InChI=1S/C33H42N2S2/c1-7-9-10-15-35-28-14-12-24(4)17-30(28)37-32(35)20-26-18-25(21-33(5,6)22-26)19-31-34(8-2)27-13-11-23(3)16-29(27)36-31/h11-14,16-20,31H,7-10,15,21-22H2,1-6H3/p+1/b25-19-,32-20-. The van der Waals surface area contributed by atoms with E-state index in [4.69, 9.17) is 0 Å². The number of aryl methyl sites for hydroxylation is 2. The predicted octanol–water partition coefficient (Wildman–Crippen LogP) is 8.59. The van der Waals surface area contributed by atoms with Crippen LogP contribution >= 0.6 is 23.5 Å². The summed E-state index contributed by atoms with van der Waals surface area (Å²) >= 11 is 4.00. The van der Waals surface area contributed by atoms with Crippen LogP contribution < -0.4 is 9.80 Å². The zero-order chi connectivity index (χ0) is 26.2. The van der Waals surface area contributed by atoms with E-state index in [9.17, 15) is 0 Å². The van der Waals surface area contributed by atoms with Crippen LogP contribution in [0.25, 0.3) is 0 Å². The smallest absolute Gasteiger partial charge is 0.163 e. The topological polar surface area (TPSA) is 7.68 Å². The summed E-state index contributed by atoms with van der Waals surface area (Å²) in [5, 5.41) is 1.86. The molecule has 1 N–H and O–H groups in total. The van der Waals surface area contributed by atoms with Gasteiger partial charge in [0.15, 0.2) is 5.37 Å². The quantitative estimate of drug-likeness (QED) is 0.358. The van der Waals surface area contributed by atoms with Crippen molar-refractivity contribution in [2.45, 2.75) is 88.8 Å². The van der Waals surface area contributed by atoms with Crippen molar-refractivity contribution in [1.29, 1.82) is 0 Å². The second-order valence-electron chi connectivity index (χ2n) is 11.8. The highest BCUT2D eigenvalue weighted by Crippen LogP contribution is 2.48. The molecule has 0 bridgehead atoms. The lowest BCUT2D eigenvalue weighted by Crippen LogP contribution is -3.08. The molecule has 0 saturated heterocycles. The first-order chi connectivity index (χ1) is 17.8. The summed E-state index contributed by atoms with van der Waals surface area (Å²) < 4.78 is 0. The number of fused-ring (bicyclic) bond motifs is 2. The summed E-state index contributed by atoms with van der Waals surface area (Å²) in [7, 11) is 0. The third-order valence-corrected chi connectivity index (χ3v) is 10.1. The van der Waals surface area contributed by atoms with Crippen molar-refractivity contribution in [3.63, 3.8) is 0 Å². The molecule has 4 heteroatoms. The molecule has 3 aliphatic rings. The van der Waals surface area contributed by atoms with Crippen molar-refractivity contribution in [3.05, 3.63) is 81.9 Å². The van der Waals surface area contributed by atoms with E-state index in [2.05, 4.69) is 101 Å². The van der Waals surface area contributed by atoms with Gasteiger partial charge in [0.1, 0.15) is 5.69 Å². The maximum Gasteiger partial charge on any atom is 0.163 e. The molecule has 0 aromatic heterocycles. The molecule has 37 heavy (non-hydrogen) atoms. The van der Waals surface area contributed by atoms with Crippen LogP contribution in [0.4, 0.5) is 11.4 Å². The van der Waals surface area contributed by atoms with E-state index in [0.717, 1.165) is 25.9 Å². The lowest BCUT2D eigenvalue weighted by molar-refractivity contribution is -0.833. The van der Waals surface area contributed by atoms with Gasteiger partial charge in [-0.05, 0) is 98.1 Å². The van der Waals surface area contributed by atoms with Gasteiger partial charge in [-0.3, -0.25) is 4.90 Å². The number of anilines is 1. The average molecular weight is 532 g/mol. The third kappa shape index (κ3) is 5.92. The van der Waals surface area contributed by atoms with Gasteiger partial charge < -0.3 is 4.90 Å². The largest absolute Gasteiger partial charge is 0.335 e. The number of thioether (sulfide) groups is 2. The minimum atomic E-state index is 0.270. The Balaban J connectivity index is 1.45. The fourth-order valence-electron chi connectivity index (χ4n) is 6.01. The van der Waals surface area contributed by atoms with Gasteiger partial charge in [0.25, 0.3) is 0 Å². The van der Waals surface area contributed by atoms with E-state index in [1.54, 1.807) is 4.90 Å². The summed E-state index contributed by atoms with van der Waals surface area (Å²) in [6, 6.07) is 13.9. The van der Waals surface area contributed by atoms with Gasteiger partial charge in [0.2, 0.25) is 0 Å². The molecule has 0 radical (unpaired) electrons. The van der Waals surface area contributed by atoms with E-state index >= 15 is 0 Å². The number of nitrogens with one attached hydrogen (secondary N) is 1. The Bertz CT molecular complexity index is 1250. The Hall–Kier alpha value is -1.88. The van der Waals surface area contributed by atoms with E-state index in [-0.39, 0.29) is 5.41 Å². The van der Waals surface area contributed by atoms with Crippen molar-refractivity contribution in [1.82, 2.24) is 0 Å². The van der Waals surface area contributed by atoms with Crippen LogP contribution in [0.1, 0.15) is 70.9 Å². The molecule has 5 rings (SSSR count). The molecule has 2 aromatic carbocycles. The van der Waals surface area contributed by atoms with Crippen LogP contribution in [0, 0.1) is 19.3 Å². The molecule has 2 aromatic rings. The zero-order valence-corrected chi connectivity index (χ0v) is 25.1. The lowest BCUT2D eigenvalue weighted by atomic mass is 9.75. The molecule has 196 valence electrons. The second-order valence-corrected chi connectivity index (χ2v) is 14.1. The highest BCUT2D eigenvalue weighted by atomic mass is 32.2. The first-order valence-electron chi connectivity index (χ1n) is 14.1. The average Bonchev–Trinajstić information content (AvgIpc) is 3.33. The monoisotopic (exact) mass is 531 g/mol. The highest BCUT2D eigenvalue weighted by Gasteiger charge is 2.35. The Kier molecular flexibility index (Phi) is 8.00. The van der Waals surface area contributed by atoms with E-state index in [0.29, 0.717) is 5.37 Å². The minimum absolute atomic E-state index is 0.270. The maximum atomic E-state index is 2.58. The number of allylic oxidation sites excluding steroid dienone is 4. The van der Waals surface area contributed by atoms with Gasteiger partial charge in [0.05, 0.1) is 22.2 Å². The summed E-state index contributed by atoms with van der Waals surface area (Å²) in [4.78, 5) is 7.03. The number of rotatable bonds is 7. The molecular formula is C33H43N2S2+. The van der Waals surface area contributed by atoms with Crippen LogP contribution in [-0.4, -0.2) is 18.5 Å². The van der Waals surface area contributed by atoms with Crippen molar-refractivity contribution in [2.24, 2.45) is 5.41 Å². The van der Waals surface area contributed by atoms with E-state index in [1.807, 2.05) is 23.5 Å². The van der Waals surface area contributed by atoms with Crippen molar-refractivity contribution < 1.29 is 4.90 Å². The van der Waals surface area contributed by atoms with E-state index < -0.39 is 0 Å². The summed E-state index contributed by atoms with van der Waals surface area (Å²) in [5.74, 6) is 0. The number of unbranched alkanes of at least 4 members (excludes halogenated alkanes) is 2. The minimum Gasteiger partial charge on any atom is -0.335 e. The first-order valence-corrected chi connectivity index (χ1v) is 15.8. The summed E-state index contributed by atoms with van der Waals surface area (Å²) in [5.41, 5.74) is 8.82. The molecular weight excluding hydrogens is 489 g/mol. The molecule has 0 amide bonds. The summed E-state index contributed by atoms with van der Waals surface area (Å²) in [6.07, 6.45) is 13.7. The van der Waals surface area contributed by atoms with Crippen LogP contribution in [0.5, 0.6) is 0 Å². The molecule has 2 nitrogen and oxygen atoms in total. The number of hydrogen-bond acceptors (Lipinski definition) is 3. The number of hydrogen-bond donors (Lipinski definition) is 1. The molecule has 2 unspecified atom stereocenters. The Morgan fingerprint density at radius 3 is 2.51 bits per heavy atom. The van der Waals surface area contributed by atoms with Crippen molar-refractivity contribution in [2.75, 3.05) is 18.0 Å². The fraction of sp³-hybridized carbons (Fsp3) is 0.455. The normalized spacial score (nSPS) is 24.5. The van der Waals surface area contributed by atoms with Crippen LogP contribution in [0.3, 0.4) is 0 Å². The first kappa shape index (κ1) is 26.7. The number of quaternary nitrogens is 1. The number of benzene rings is 2. The van der Waals surface area contributed by atoms with Gasteiger partial charge >= 0.3 is 0 Å².